The van der Waals surface area contributed by atoms with Crippen LogP contribution < -0.4 is 0 Å². The second-order valence-corrected chi connectivity index (χ2v) is 7.50. The van der Waals surface area contributed by atoms with Crippen molar-refractivity contribution < 1.29 is 8.91 Å². The molecule has 0 aliphatic carbocycles. The summed E-state index contributed by atoms with van der Waals surface area (Å²) in [7, 11) is 0. The van der Waals surface area contributed by atoms with Crippen molar-refractivity contribution in [3.05, 3.63) is 96.7 Å². The van der Waals surface area contributed by atoms with Crippen LogP contribution in [0.2, 0.25) is 0 Å². The van der Waals surface area contributed by atoms with Gasteiger partial charge in [0.25, 0.3) is 5.89 Å². The lowest BCUT2D eigenvalue weighted by molar-refractivity contribution is 0.429. The molecule has 0 aliphatic rings. The number of imidazole rings is 1. The minimum atomic E-state index is -0.373. The van der Waals surface area contributed by atoms with E-state index >= 15 is 0 Å². The number of benzene rings is 3. The number of nitrogens with zero attached hydrogens (tertiary/aromatic N) is 7. The second kappa shape index (κ2) is 7.79. The van der Waals surface area contributed by atoms with Crippen LogP contribution in [0.5, 0.6) is 0 Å². The third-order valence-corrected chi connectivity index (χ3v) is 5.31. The Labute approximate surface area is 186 Å². The zero-order chi connectivity index (χ0) is 22.2. The van der Waals surface area contributed by atoms with Crippen LogP contribution in [0, 0.1) is 5.82 Å². The standard InChI is InChI=1S/C24H16FN7O/c25-18-7-4-8-19(12-18)32-22(13-27-30-32)24-28-23(29-33-24)17-6-3-5-16(11-17)14-31-15-26-20-9-1-2-10-21(20)31/h1-13,15H,14H2. The lowest BCUT2D eigenvalue weighted by Gasteiger charge is -2.06. The van der Waals surface area contributed by atoms with E-state index in [2.05, 4.69) is 30.0 Å². The van der Waals surface area contributed by atoms with Gasteiger partial charge in [0.15, 0.2) is 5.69 Å². The summed E-state index contributed by atoms with van der Waals surface area (Å²) < 4.78 is 22.7. The predicted octanol–water partition coefficient (Wildman–Crippen LogP) is 4.52. The number of aromatic nitrogens is 7. The van der Waals surface area contributed by atoms with Gasteiger partial charge in [-0.15, -0.1) is 5.10 Å². The number of fused-ring (bicyclic) bond motifs is 1. The van der Waals surface area contributed by atoms with E-state index in [9.17, 15) is 4.39 Å². The van der Waals surface area contributed by atoms with Crippen LogP contribution in [0.25, 0.3) is 39.7 Å². The van der Waals surface area contributed by atoms with Crippen molar-refractivity contribution in [1.82, 2.24) is 34.7 Å². The van der Waals surface area contributed by atoms with Gasteiger partial charge in [-0.25, -0.2) is 14.1 Å². The SMILES string of the molecule is Fc1cccc(-n2nncc2-c2nc(-c3cccc(Cn4cnc5ccccc54)c3)no2)c1. The molecule has 0 bridgehead atoms. The molecule has 0 N–H and O–H groups in total. The number of para-hydroxylation sites is 2. The Balaban J connectivity index is 1.30. The molecule has 6 rings (SSSR count). The first-order valence-corrected chi connectivity index (χ1v) is 10.2. The van der Waals surface area contributed by atoms with E-state index in [0.717, 1.165) is 22.2 Å². The second-order valence-electron chi connectivity index (χ2n) is 7.50. The van der Waals surface area contributed by atoms with E-state index in [0.29, 0.717) is 23.8 Å². The Bertz CT molecular complexity index is 1580. The van der Waals surface area contributed by atoms with Crippen molar-refractivity contribution in [3.8, 4) is 28.7 Å². The molecular weight excluding hydrogens is 421 g/mol. The lowest BCUT2D eigenvalue weighted by Crippen LogP contribution is -2.00. The fraction of sp³-hybridized carbons (Fsp3) is 0.0417. The normalized spacial score (nSPS) is 11.3. The molecule has 0 spiro atoms. The van der Waals surface area contributed by atoms with Crippen LogP contribution in [0.4, 0.5) is 4.39 Å². The summed E-state index contributed by atoms with van der Waals surface area (Å²) in [5.74, 6) is 0.308. The zero-order valence-electron chi connectivity index (χ0n) is 17.2. The fourth-order valence-corrected chi connectivity index (χ4v) is 3.77. The third kappa shape index (κ3) is 3.55. The first-order chi connectivity index (χ1) is 16.2. The van der Waals surface area contributed by atoms with E-state index in [4.69, 9.17) is 4.52 Å². The highest BCUT2D eigenvalue weighted by atomic mass is 19.1. The molecule has 3 aromatic carbocycles. The molecule has 8 nitrogen and oxygen atoms in total. The van der Waals surface area contributed by atoms with Crippen LogP contribution in [-0.4, -0.2) is 34.7 Å². The van der Waals surface area contributed by atoms with Gasteiger partial charge in [0.1, 0.15) is 5.82 Å². The number of hydrogen-bond donors (Lipinski definition) is 0. The van der Waals surface area contributed by atoms with E-state index in [-0.39, 0.29) is 11.7 Å². The molecule has 0 amide bonds. The first kappa shape index (κ1) is 19.1. The third-order valence-electron chi connectivity index (χ3n) is 5.31. The summed E-state index contributed by atoms with van der Waals surface area (Å²) in [6.07, 6.45) is 3.34. The molecule has 6 aromatic rings. The zero-order valence-corrected chi connectivity index (χ0v) is 17.2. The van der Waals surface area contributed by atoms with Gasteiger partial charge in [-0.2, -0.15) is 4.98 Å². The van der Waals surface area contributed by atoms with Crippen LogP contribution in [0.3, 0.4) is 0 Å². The first-order valence-electron chi connectivity index (χ1n) is 10.2. The minimum Gasteiger partial charge on any atom is -0.332 e. The summed E-state index contributed by atoms with van der Waals surface area (Å²) in [5, 5.41) is 12.1. The number of halogens is 1. The number of rotatable bonds is 5. The molecule has 0 saturated heterocycles. The van der Waals surface area contributed by atoms with Crippen LogP contribution in [0.15, 0.2) is 89.8 Å². The Kier molecular flexibility index (Phi) is 4.50. The van der Waals surface area contributed by atoms with Gasteiger partial charge in [0.2, 0.25) is 5.82 Å². The van der Waals surface area contributed by atoms with Crippen molar-refractivity contribution >= 4 is 11.0 Å². The quantitative estimate of drug-likeness (QED) is 0.394. The van der Waals surface area contributed by atoms with Gasteiger partial charge >= 0.3 is 0 Å². The molecule has 9 heteroatoms. The van der Waals surface area contributed by atoms with Crippen molar-refractivity contribution in [3.63, 3.8) is 0 Å². The molecule has 0 radical (unpaired) electrons. The minimum absolute atomic E-state index is 0.241. The summed E-state index contributed by atoms with van der Waals surface area (Å²) >= 11 is 0. The summed E-state index contributed by atoms with van der Waals surface area (Å²) in [5.41, 5.74) is 4.91. The summed E-state index contributed by atoms with van der Waals surface area (Å²) in [6, 6.07) is 22.0. The van der Waals surface area contributed by atoms with Crippen molar-refractivity contribution in [2.75, 3.05) is 0 Å². The maximum Gasteiger partial charge on any atom is 0.278 e. The highest BCUT2D eigenvalue weighted by Gasteiger charge is 2.17. The molecule has 33 heavy (non-hydrogen) atoms. The van der Waals surface area contributed by atoms with Gasteiger partial charge < -0.3 is 9.09 Å². The lowest BCUT2D eigenvalue weighted by atomic mass is 10.1. The smallest absolute Gasteiger partial charge is 0.278 e. The van der Waals surface area contributed by atoms with Gasteiger partial charge in [-0.1, -0.05) is 46.8 Å². The molecule has 160 valence electrons. The highest BCUT2D eigenvalue weighted by Crippen LogP contribution is 2.25. The van der Waals surface area contributed by atoms with Gasteiger partial charge in [-0.05, 0) is 42.0 Å². The molecule has 3 aromatic heterocycles. The maximum atomic E-state index is 13.7. The Morgan fingerprint density at radius 2 is 1.85 bits per heavy atom. The van der Waals surface area contributed by atoms with Crippen molar-refractivity contribution in [2.45, 2.75) is 6.54 Å². The molecule has 0 fully saturated rings. The van der Waals surface area contributed by atoms with E-state index < -0.39 is 0 Å². The highest BCUT2D eigenvalue weighted by molar-refractivity contribution is 5.75. The van der Waals surface area contributed by atoms with Crippen LogP contribution >= 0.6 is 0 Å². The molecule has 0 aliphatic heterocycles. The van der Waals surface area contributed by atoms with Crippen molar-refractivity contribution in [2.24, 2.45) is 0 Å². The Hall–Kier alpha value is -4.66. The topological polar surface area (TPSA) is 87.5 Å². The van der Waals surface area contributed by atoms with Gasteiger partial charge in [-0.3, -0.25) is 0 Å². The molecule has 3 heterocycles. The largest absolute Gasteiger partial charge is 0.332 e. The summed E-state index contributed by atoms with van der Waals surface area (Å²) in [6.45, 7) is 0.662. The van der Waals surface area contributed by atoms with Crippen molar-refractivity contribution in [1.29, 1.82) is 0 Å². The monoisotopic (exact) mass is 437 g/mol. The molecule has 0 unspecified atom stereocenters. The predicted molar refractivity (Wildman–Crippen MR) is 119 cm³/mol. The average molecular weight is 437 g/mol. The molecule has 0 saturated carbocycles. The van der Waals surface area contributed by atoms with E-state index in [1.807, 2.05) is 54.9 Å². The van der Waals surface area contributed by atoms with E-state index in [1.54, 1.807) is 12.1 Å². The van der Waals surface area contributed by atoms with Gasteiger partial charge in [0, 0.05) is 12.1 Å². The number of hydrogen-bond acceptors (Lipinski definition) is 6. The van der Waals surface area contributed by atoms with E-state index in [1.165, 1.54) is 23.0 Å². The average Bonchev–Trinajstić information content (AvgIpc) is 3.59. The van der Waals surface area contributed by atoms with Crippen LogP contribution in [-0.2, 0) is 6.54 Å². The van der Waals surface area contributed by atoms with Gasteiger partial charge in [0.05, 0.1) is 29.2 Å². The molecular formula is C24H16FN7O. The Morgan fingerprint density at radius 1 is 0.939 bits per heavy atom. The molecule has 0 atom stereocenters. The fourth-order valence-electron chi connectivity index (χ4n) is 3.77. The maximum absolute atomic E-state index is 13.7. The van der Waals surface area contributed by atoms with Crippen LogP contribution in [0.1, 0.15) is 5.56 Å². The summed E-state index contributed by atoms with van der Waals surface area (Å²) in [4.78, 5) is 8.98. The Morgan fingerprint density at radius 3 is 2.79 bits per heavy atom.